The van der Waals surface area contributed by atoms with Crippen LogP contribution < -0.4 is 10.6 Å². The molecule has 2 rings (SSSR count). The minimum Gasteiger partial charge on any atom is -0.341 e. The van der Waals surface area contributed by atoms with Crippen LogP contribution in [0.3, 0.4) is 0 Å². The molecule has 118 valence electrons. The van der Waals surface area contributed by atoms with Crippen LogP contribution in [0.5, 0.6) is 0 Å². The number of carbonyl (C=O) groups excluding carboxylic acids is 3. The second kappa shape index (κ2) is 7.35. The number of anilines is 1. The van der Waals surface area contributed by atoms with Crippen LogP contribution in [-0.4, -0.2) is 23.6 Å². The van der Waals surface area contributed by atoms with Gasteiger partial charge in [-0.1, -0.05) is 30.3 Å². The molecule has 5 nitrogen and oxygen atoms in total. The lowest BCUT2D eigenvalue weighted by atomic mass is 10.1. The second-order valence-electron chi connectivity index (χ2n) is 5.19. The van der Waals surface area contributed by atoms with Crippen molar-refractivity contribution in [2.45, 2.75) is 19.9 Å². The molecular weight excluding hydrogens is 292 g/mol. The molecule has 5 heteroatoms. The molecule has 0 bridgehead atoms. The maximum absolute atomic E-state index is 12.1. The number of ketones is 1. The van der Waals surface area contributed by atoms with Crippen molar-refractivity contribution in [2.24, 2.45) is 0 Å². The molecule has 0 heterocycles. The average Bonchev–Trinajstić information content (AvgIpc) is 2.55. The summed E-state index contributed by atoms with van der Waals surface area (Å²) in [4.78, 5) is 35.5. The van der Waals surface area contributed by atoms with Gasteiger partial charge in [0.15, 0.2) is 5.78 Å². The van der Waals surface area contributed by atoms with Gasteiger partial charge in [-0.3, -0.25) is 14.4 Å². The summed E-state index contributed by atoms with van der Waals surface area (Å²) in [5, 5.41) is 5.32. The molecule has 0 aromatic heterocycles. The zero-order chi connectivity index (χ0) is 16.8. The van der Waals surface area contributed by atoms with Gasteiger partial charge in [-0.05, 0) is 38.1 Å². The summed E-state index contributed by atoms with van der Waals surface area (Å²) in [6.07, 6.45) is 0. The highest BCUT2D eigenvalue weighted by molar-refractivity contribution is 6.01. The van der Waals surface area contributed by atoms with Crippen molar-refractivity contribution in [3.8, 4) is 0 Å². The smallest absolute Gasteiger partial charge is 0.251 e. The van der Waals surface area contributed by atoms with E-state index in [1.165, 1.54) is 6.92 Å². The molecule has 0 aliphatic rings. The van der Waals surface area contributed by atoms with Gasteiger partial charge in [0.1, 0.15) is 6.04 Å². The summed E-state index contributed by atoms with van der Waals surface area (Å²) < 4.78 is 0. The Morgan fingerprint density at radius 3 is 2.22 bits per heavy atom. The highest BCUT2D eigenvalue weighted by atomic mass is 16.2. The number of carbonyl (C=O) groups is 3. The molecule has 2 aromatic rings. The van der Waals surface area contributed by atoms with Gasteiger partial charge in [0.2, 0.25) is 5.91 Å². The largest absolute Gasteiger partial charge is 0.341 e. The minimum atomic E-state index is -0.705. The van der Waals surface area contributed by atoms with Gasteiger partial charge in [-0.25, -0.2) is 0 Å². The van der Waals surface area contributed by atoms with E-state index >= 15 is 0 Å². The Bertz CT molecular complexity index is 726. The Morgan fingerprint density at radius 2 is 1.57 bits per heavy atom. The highest BCUT2D eigenvalue weighted by Gasteiger charge is 2.16. The molecule has 0 aliphatic heterocycles. The van der Waals surface area contributed by atoms with E-state index in [0.717, 1.165) is 0 Å². The lowest BCUT2D eigenvalue weighted by molar-refractivity contribution is -0.117. The topological polar surface area (TPSA) is 75.3 Å². The fourth-order valence-electron chi connectivity index (χ4n) is 2.00. The van der Waals surface area contributed by atoms with Gasteiger partial charge >= 0.3 is 0 Å². The first-order valence-electron chi connectivity index (χ1n) is 7.25. The fraction of sp³-hybridized carbons (Fsp3) is 0.167. The van der Waals surface area contributed by atoms with Crippen LogP contribution in [0.15, 0.2) is 54.6 Å². The van der Waals surface area contributed by atoms with Crippen molar-refractivity contribution in [3.63, 3.8) is 0 Å². The molecule has 23 heavy (non-hydrogen) atoms. The summed E-state index contributed by atoms with van der Waals surface area (Å²) in [6.45, 7) is 3.06. The monoisotopic (exact) mass is 310 g/mol. The van der Waals surface area contributed by atoms with Gasteiger partial charge in [-0.15, -0.1) is 0 Å². The standard InChI is InChI=1S/C18H18N2O3/c1-12(19-18(23)14-7-4-3-5-8-14)17(22)20-16-10-6-9-15(11-16)13(2)21/h3-12H,1-2H3,(H,19,23)(H,20,22)/t12-/m0/s1. The number of amides is 2. The summed E-state index contributed by atoms with van der Waals surface area (Å²) in [7, 11) is 0. The van der Waals surface area contributed by atoms with Crippen LogP contribution in [0.25, 0.3) is 0 Å². The lowest BCUT2D eigenvalue weighted by Crippen LogP contribution is -2.41. The maximum Gasteiger partial charge on any atom is 0.251 e. The Balaban J connectivity index is 1.99. The number of hydrogen-bond donors (Lipinski definition) is 2. The van der Waals surface area contributed by atoms with Crippen LogP contribution in [0.1, 0.15) is 34.6 Å². The van der Waals surface area contributed by atoms with E-state index < -0.39 is 6.04 Å². The van der Waals surface area contributed by atoms with Crippen molar-refractivity contribution >= 4 is 23.3 Å². The normalized spacial score (nSPS) is 11.4. The predicted octanol–water partition coefficient (Wildman–Crippen LogP) is 2.65. The zero-order valence-electron chi connectivity index (χ0n) is 13.0. The van der Waals surface area contributed by atoms with Gasteiger partial charge in [-0.2, -0.15) is 0 Å². The SMILES string of the molecule is CC(=O)c1cccc(NC(=O)[C@H](C)NC(=O)c2ccccc2)c1. The molecule has 0 saturated carbocycles. The predicted molar refractivity (Wildman–Crippen MR) is 88.4 cm³/mol. The average molecular weight is 310 g/mol. The van der Waals surface area contributed by atoms with Gasteiger partial charge < -0.3 is 10.6 Å². The number of rotatable bonds is 5. The van der Waals surface area contributed by atoms with Crippen molar-refractivity contribution in [1.82, 2.24) is 5.32 Å². The van der Waals surface area contributed by atoms with E-state index in [9.17, 15) is 14.4 Å². The Labute approximate surface area is 134 Å². The Kier molecular flexibility index (Phi) is 5.25. The van der Waals surface area contributed by atoms with Crippen molar-refractivity contribution in [2.75, 3.05) is 5.32 Å². The molecule has 0 spiro atoms. The molecule has 0 saturated heterocycles. The summed E-state index contributed by atoms with van der Waals surface area (Å²) in [6, 6.07) is 14.6. The van der Waals surface area contributed by atoms with E-state index in [4.69, 9.17) is 0 Å². The van der Waals surface area contributed by atoms with E-state index in [1.807, 2.05) is 6.07 Å². The lowest BCUT2D eigenvalue weighted by Gasteiger charge is -2.14. The molecule has 2 aromatic carbocycles. The van der Waals surface area contributed by atoms with Crippen molar-refractivity contribution in [1.29, 1.82) is 0 Å². The van der Waals surface area contributed by atoms with Crippen LogP contribution >= 0.6 is 0 Å². The molecule has 2 N–H and O–H groups in total. The summed E-state index contributed by atoms with van der Waals surface area (Å²) in [5.41, 5.74) is 1.53. The van der Waals surface area contributed by atoms with Crippen LogP contribution in [-0.2, 0) is 4.79 Å². The zero-order valence-corrected chi connectivity index (χ0v) is 13.0. The van der Waals surface area contributed by atoms with Crippen molar-refractivity contribution < 1.29 is 14.4 Å². The third-order valence-electron chi connectivity index (χ3n) is 3.31. The molecular formula is C18H18N2O3. The highest BCUT2D eigenvalue weighted by Crippen LogP contribution is 2.11. The van der Waals surface area contributed by atoms with E-state index in [2.05, 4.69) is 10.6 Å². The number of Topliss-reactive ketones (excluding diaryl/α,β-unsaturated/α-hetero) is 1. The third kappa shape index (κ3) is 4.51. The number of hydrogen-bond acceptors (Lipinski definition) is 3. The van der Waals surface area contributed by atoms with Crippen LogP contribution in [0.2, 0.25) is 0 Å². The minimum absolute atomic E-state index is 0.0773. The van der Waals surface area contributed by atoms with Crippen molar-refractivity contribution in [3.05, 3.63) is 65.7 Å². The number of nitrogens with one attached hydrogen (secondary N) is 2. The van der Waals surface area contributed by atoms with Crippen LogP contribution in [0.4, 0.5) is 5.69 Å². The molecule has 0 radical (unpaired) electrons. The number of benzene rings is 2. The molecule has 2 amide bonds. The Morgan fingerprint density at radius 1 is 0.913 bits per heavy atom. The summed E-state index contributed by atoms with van der Waals surface area (Å²) in [5.74, 6) is -0.743. The van der Waals surface area contributed by atoms with Gasteiger partial charge in [0.05, 0.1) is 0 Å². The first-order chi connectivity index (χ1) is 11.0. The maximum atomic E-state index is 12.1. The van der Waals surface area contributed by atoms with E-state index in [-0.39, 0.29) is 17.6 Å². The first-order valence-corrected chi connectivity index (χ1v) is 7.25. The molecule has 1 atom stereocenters. The molecule has 0 fully saturated rings. The first kappa shape index (κ1) is 16.4. The van der Waals surface area contributed by atoms with Gasteiger partial charge in [0, 0.05) is 16.8 Å². The summed E-state index contributed by atoms with van der Waals surface area (Å²) >= 11 is 0. The van der Waals surface area contributed by atoms with E-state index in [0.29, 0.717) is 16.8 Å². The molecule has 0 aliphatic carbocycles. The van der Waals surface area contributed by atoms with Gasteiger partial charge in [0.25, 0.3) is 5.91 Å². The fourth-order valence-corrected chi connectivity index (χ4v) is 2.00. The Hall–Kier alpha value is -2.95. The third-order valence-corrected chi connectivity index (χ3v) is 3.31. The quantitative estimate of drug-likeness (QED) is 0.834. The molecule has 0 unspecified atom stereocenters. The second-order valence-corrected chi connectivity index (χ2v) is 5.19. The van der Waals surface area contributed by atoms with E-state index in [1.54, 1.807) is 55.5 Å². The van der Waals surface area contributed by atoms with Crippen LogP contribution in [0, 0.1) is 0 Å².